The zero-order valence-corrected chi connectivity index (χ0v) is 13.4. The molecule has 0 radical (unpaired) electrons. The van der Waals surface area contributed by atoms with Gasteiger partial charge in [-0.25, -0.2) is 4.79 Å². The Morgan fingerprint density at radius 3 is 2.70 bits per heavy atom. The number of methoxy groups -OCH3 is 1. The van der Waals surface area contributed by atoms with Crippen molar-refractivity contribution in [3.05, 3.63) is 24.2 Å². The molecule has 1 saturated carbocycles. The lowest BCUT2D eigenvalue weighted by molar-refractivity contribution is -0.142. The number of carboxylic acid groups (broad SMARTS) is 1. The Bertz CT molecular complexity index is 495. The Labute approximate surface area is 135 Å². The lowest BCUT2D eigenvalue weighted by Crippen LogP contribution is -2.47. The van der Waals surface area contributed by atoms with Crippen LogP contribution >= 0.6 is 0 Å². The van der Waals surface area contributed by atoms with E-state index in [1.54, 1.807) is 24.3 Å². The molecule has 0 spiro atoms. The maximum atomic E-state index is 12.5. The fourth-order valence-electron chi connectivity index (χ4n) is 2.80. The summed E-state index contributed by atoms with van der Waals surface area (Å²) in [4.78, 5) is 25.1. The van der Waals surface area contributed by atoms with Crippen LogP contribution < -0.4 is 5.32 Å². The van der Waals surface area contributed by atoms with Crippen molar-refractivity contribution in [3.63, 3.8) is 0 Å². The second kappa shape index (κ2) is 8.57. The largest absolute Gasteiger partial charge is 0.481 e. The number of carboxylic acids is 1. The number of ether oxygens (including phenoxy) is 1. The van der Waals surface area contributed by atoms with Crippen LogP contribution in [0.5, 0.6) is 0 Å². The summed E-state index contributed by atoms with van der Waals surface area (Å²) in [6, 6.07) is 3.47. The first-order chi connectivity index (χ1) is 11.1. The second-order valence-corrected chi connectivity index (χ2v) is 5.83. The van der Waals surface area contributed by atoms with Crippen LogP contribution in [-0.4, -0.2) is 48.3 Å². The fourth-order valence-corrected chi connectivity index (χ4v) is 2.80. The van der Waals surface area contributed by atoms with Gasteiger partial charge in [0.25, 0.3) is 0 Å². The summed E-state index contributed by atoms with van der Waals surface area (Å²) in [7, 11) is 1.59. The summed E-state index contributed by atoms with van der Waals surface area (Å²) in [6.07, 6.45) is 4.19. The van der Waals surface area contributed by atoms with E-state index in [-0.39, 0.29) is 18.0 Å². The molecule has 23 heavy (non-hydrogen) atoms. The van der Waals surface area contributed by atoms with Crippen molar-refractivity contribution in [3.8, 4) is 0 Å². The third-order valence-electron chi connectivity index (χ3n) is 4.18. The van der Waals surface area contributed by atoms with Crippen LogP contribution in [0.1, 0.15) is 31.4 Å². The van der Waals surface area contributed by atoms with Gasteiger partial charge in [-0.3, -0.25) is 4.79 Å². The van der Waals surface area contributed by atoms with Gasteiger partial charge in [-0.2, -0.15) is 0 Å². The van der Waals surface area contributed by atoms with Crippen molar-refractivity contribution in [1.82, 2.24) is 10.2 Å². The number of aliphatic carboxylic acids is 1. The van der Waals surface area contributed by atoms with Gasteiger partial charge >= 0.3 is 12.0 Å². The molecule has 1 fully saturated rings. The summed E-state index contributed by atoms with van der Waals surface area (Å²) >= 11 is 0. The molecule has 0 aromatic carbocycles. The van der Waals surface area contributed by atoms with Crippen LogP contribution in [0.3, 0.4) is 0 Å². The number of urea groups is 1. The molecule has 2 rings (SSSR count). The molecule has 2 amide bonds. The SMILES string of the molecule is COCCN(Cc1ccco1)C(=O)NC1CCC(C(=O)O)CC1. The van der Waals surface area contributed by atoms with Crippen LogP contribution in [-0.2, 0) is 16.1 Å². The van der Waals surface area contributed by atoms with E-state index >= 15 is 0 Å². The van der Waals surface area contributed by atoms with E-state index in [1.807, 2.05) is 6.07 Å². The summed E-state index contributed by atoms with van der Waals surface area (Å²) < 4.78 is 10.4. The maximum Gasteiger partial charge on any atom is 0.318 e. The van der Waals surface area contributed by atoms with Gasteiger partial charge in [0.2, 0.25) is 0 Å². The Kier molecular flexibility index (Phi) is 6.46. The minimum atomic E-state index is -0.741. The number of hydrogen-bond acceptors (Lipinski definition) is 4. The summed E-state index contributed by atoms with van der Waals surface area (Å²) in [5.74, 6) is -0.309. The van der Waals surface area contributed by atoms with E-state index in [0.717, 1.165) is 0 Å². The van der Waals surface area contributed by atoms with Crippen LogP contribution in [0.25, 0.3) is 0 Å². The number of hydrogen-bond donors (Lipinski definition) is 2. The first-order valence-electron chi connectivity index (χ1n) is 7.89. The molecular formula is C16H24N2O5. The molecule has 1 aliphatic carbocycles. The van der Waals surface area contributed by atoms with E-state index < -0.39 is 5.97 Å². The number of carbonyl (C=O) groups is 2. The first-order valence-corrected chi connectivity index (χ1v) is 7.89. The molecule has 1 aliphatic rings. The summed E-state index contributed by atoms with van der Waals surface area (Å²) in [5, 5.41) is 12.0. The number of nitrogens with zero attached hydrogens (tertiary/aromatic N) is 1. The maximum absolute atomic E-state index is 12.5. The average Bonchev–Trinajstić information content (AvgIpc) is 3.05. The monoisotopic (exact) mass is 324 g/mol. The minimum absolute atomic E-state index is 0.0275. The van der Waals surface area contributed by atoms with Crippen molar-refractivity contribution in [1.29, 1.82) is 0 Å². The molecule has 1 heterocycles. The third-order valence-corrected chi connectivity index (χ3v) is 4.18. The van der Waals surface area contributed by atoms with Crippen molar-refractivity contribution < 1.29 is 23.8 Å². The van der Waals surface area contributed by atoms with Crippen molar-refractivity contribution in [2.24, 2.45) is 5.92 Å². The quantitative estimate of drug-likeness (QED) is 0.801. The molecule has 2 N–H and O–H groups in total. The fraction of sp³-hybridized carbons (Fsp3) is 0.625. The Morgan fingerprint density at radius 2 is 2.13 bits per heavy atom. The lowest BCUT2D eigenvalue weighted by Gasteiger charge is -2.30. The number of rotatable bonds is 7. The number of furan rings is 1. The van der Waals surface area contributed by atoms with Gasteiger partial charge < -0.3 is 24.5 Å². The Hall–Kier alpha value is -2.02. The van der Waals surface area contributed by atoms with E-state index in [9.17, 15) is 9.59 Å². The molecule has 7 heteroatoms. The average molecular weight is 324 g/mol. The second-order valence-electron chi connectivity index (χ2n) is 5.83. The van der Waals surface area contributed by atoms with Gasteiger partial charge in [0.05, 0.1) is 25.3 Å². The molecule has 128 valence electrons. The van der Waals surface area contributed by atoms with Gasteiger partial charge in [0, 0.05) is 19.7 Å². The summed E-state index contributed by atoms with van der Waals surface area (Å²) in [5.41, 5.74) is 0. The topological polar surface area (TPSA) is 92.0 Å². The zero-order chi connectivity index (χ0) is 16.7. The molecule has 0 unspecified atom stereocenters. The van der Waals surface area contributed by atoms with E-state index in [2.05, 4.69) is 5.32 Å². The molecule has 1 aromatic heterocycles. The highest BCUT2D eigenvalue weighted by Crippen LogP contribution is 2.24. The van der Waals surface area contributed by atoms with E-state index in [1.165, 1.54) is 0 Å². The first kappa shape index (κ1) is 17.3. The highest BCUT2D eigenvalue weighted by Gasteiger charge is 2.27. The van der Waals surface area contributed by atoms with Crippen molar-refractivity contribution >= 4 is 12.0 Å². The van der Waals surface area contributed by atoms with Gasteiger partial charge in [-0.1, -0.05) is 0 Å². The van der Waals surface area contributed by atoms with Crippen LogP contribution in [0, 0.1) is 5.92 Å². The minimum Gasteiger partial charge on any atom is -0.481 e. The Balaban J connectivity index is 1.86. The molecule has 0 bridgehead atoms. The standard InChI is InChI=1S/C16H24N2O5/c1-22-10-8-18(11-14-3-2-9-23-14)16(21)17-13-6-4-12(5-7-13)15(19)20/h2-3,9,12-13H,4-8,10-11H2,1H3,(H,17,21)(H,19,20). The third kappa shape index (κ3) is 5.28. The molecule has 7 nitrogen and oxygen atoms in total. The van der Waals surface area contributed by atoms with Gasteiger partial charge in [-0.15, -0.1) is 0 Å². The number of carbonyl (C=O) groups excluding carboxylic acids is 1. The molecule has 1 aromatic rings. The van der Waals surface area contributed by atoms with E-state index in [4.69, 9.17) is 14.3 Å². The van der Waals surface area contributed by atoms with Gasteiger partial charge in [0.1, 0.15) is 5.76 Å². The highest BCUT2D eigenvalue weighted by molar-refractivity contribution is 5.74. The van der Waals surface area contributed by atoms with Crippen LogP contribution in [0.15, 0.2) is 22.8 Å². The Morgan fingerprint density at radius 1 is 1.39 bits per heavy atom. The van der Waals surface area contributed by atoms with E-state index in [0.29, 0.717) is 51.1 Å². The van der Waals surface area contributed by atoms with Gasteiger partial charge in [0.15, 0.2) is 0 Å². The van der Waals surface area contributed by atoms with Gasteiger partial charge in [-0.05, 0) is 37.8 Å². The predicted molar refractivity (Wildman–Crippen MR) is 82.9 cm³/mol. The van der Waals surface area contributed by atoms with Crippen molar-refractivity contribution in [2.45, 2.75) is 38.3 Å². The molecular weight excluding hydrogens is 300 g/mol. The molecule has 0 atom stereocenters. The molecule has 0 aliphatic heterocycles. The highest BCUT2D eigenvalue weighted by atomic mass is 16.5. The molecule has 0 saturated heterocycles. The predicted octanol–water partition coefficient (Wildman–Crippen LogP) is 2.08. The number of nitrogens with one attached hydrogen (secondary N) is 1. The van der Waals surface area contributed by atoms with Crippen molar-refractivity contribution in [2.75, 3.05) is 20.3 Å². The number of amides is 2. The lowest BCUT2D eigenvalue weighted by atomic mass is 9.86. The smallest absolute Gasteiger partial charge is 0.318 e. The van der Waals surface area contributed by atoms with Crippen LogP contribution in [0.4, 0.5) is 4.79 Å². The normalized spacial score (nSPS) is 20.9. The summed E-state index contributed by atoms with van der Waals surface area (Å²) in [6.45, 7) is 1.29. The zero-order valence-electron chi connectivity index (χ0n) is 13.4. The van der Waals surface area contributed by atoms with Crippen LogP contribution in [0.2, 0.25) is 0 Å².